The van der Waals surface area contributed by atoms with Gasteiger partial charge in [-0.1, -0.05) is 48.5 Å². The van der Waals surface area contributed by atoms with Crippen LogP contribution in [-0.4, -0.2) is 35.3 Å². The molecule has 1 aliphatic rings. The first-order chi connectivity index (χ1) is 12.8. The largest absolute Gasteiger partial charge is 0.478 e. The van der Waals surface area contributed by atoms with E-state index in [1.54, 1.807) is 30.3 Å². The van der Waals surface area contributed by atoms with E-state index in [1.165, 1.54) is 18.2 Å². The highest BCUT2D eigenvalue weighted by Gasteiger charge is 2.39. The van der Waals surface area contributed by atoms with Gasteiger partial charge in [0.05, 0.1) is 11.0 Å². The molecule has 0 radical (unpaired) electrons. The van der Waals surface area contributed by atoms with Gasteiger partial charge in [-0.3, -0.25) is 10.1 Å². The Morgan fingerprint density at radius 3 is 2.37 bits per heavy atom. The third kappa shape index (κ3) is 3.60. The molecule has 2 aromatic rings. The number of nitro benzene ring substituents is 1. The van der Waals surface area contributed by atoms with Crippen LogP contribution in [0.1, 0.15) is 18.0 Å². The zero-order valence-electron chi connectivity index (χ0n) is 14.1. The van der Waals surface area contributed by atoms with Crippen molar-refractivity contribution in [2.45, 2.75) is 17.4 Å². The Morgan fingerprint density at radius 1 is 1.11 bits per heavy atom. The Bertz CT molecular complexity index is 1020. The van der Waals surface area contributed by atoms with Crippen LogP contribution >= 0.6 is 0 Å². The van der Waals surface area contributed by atoms with Crippen molar-refractivity contribution in [1.82, 2.24) is 4.31 Å². The summed E-state index contributed by atoms with van der Waals surface area (Å²) < 4.78 is 27.6. The van der Waals surface area contributed by atoms with Gasteiger partial charge in [-0.25, -0.2) is 13.2 Å². The fourth-order valence-corrected chi connectivity index (χ4v) is 4.81. The van der Waals surface area contributed by atoms with Gasteiger partial charge < -0.3 is 5.11 Å². The first kappa shape index (κ1) is 18.7. The second kappa shape index (κ2) is 7.29. The summed E-state index contributed by atoms with van der Waals surface area (Å²) in [6, 6.07) is 13.2. The molecule has 0 spiro atoms. The van der Waals surface area contributed by atoms with Crippen LogP contribution in [-0.2, 0) is 14.8 Å². The number of carboxylic acids is 1. The second-order valence-electron chi connectivity index (χ2n) is 5.97. The predicted octanol–water partition coefficient (Wildman–Crippen LogP) is 2.74. The van der Waals surface area contributed by atoms with Crippen LogP contribution in [0.25, 0.3) is 0 Å². The van der Waals surface area contributed by atoms with Crippen LogP contribution < -0.4 is 0 Å². The summed E-state index contributed by atoms with van der Waals surface area (Å²) in [7, 11) is -4.31. The van der Waals surface area contributed by atoms with Crippen LogP contribution in [0.3, 0.4) is 0 Å². The summed E-state index contributed by atoms with van der Waals surface area (Å²) in [6.07, 6.45) is 1.65. The number of aliphatic carboxylic acids is 1. The van der Waals surface area contributed by atoms with Crippen LogP contribution in [0.2, 0.25) is 0 Å². The molecule has 0 bridgehead atoms. The van der Waals surface area contributed by atoms with E-state index in [0.717, 1.165) is 16.4 Å². The molecule has 1 atom stereocenters. The van der Waals surface area contributed by atoms with Crippen LogP contribution in [0, 0.1) is 10.1 Å². The quantitative estimate of drug-likeness (QED) is 0.621. The van der Waals surface area contributed by atoms with Gasteiger partial charge in [0.15, 0.2) is 4.90 Å². The molecule has 1 aliphatic heterocycles. The second-order valence-corrected chi connectivity index (χ2v) is 7.83. The van der Waals surface area contributed by atoms with Crippen molar-refractivity contribution in [2.75, 3.05) is 6.54 Å². The standard InChI is InChI=1S/C18H16N2O6S/c21-18(22)14-10-11-15(13-6-2-1-3-7-13)19(12-14)27(25,26)17-9-5-4-8-16(17)20(23)24/h1-10,15H,11-12H2,(H,21,22). The highest BCUT2D eigenvalue weighted by molar-refractivity contribution is 7.89. The van der Waals surface area contributed by atoms with Gasteiger partial charge in [0, 0.05) is 18.2 Å². The lowest BCUT2D eigenvalue weighted by Crippen LogP contribution is -2.40. The van der Waals surface area contributed by atoms with Gasteiger partial charge in [0.1, 0.15) is 0 Å². The molecule has 1 heterocycles. The van der Waals surface area contributed by atoms with Crippen molar-refractivity contribution >= 4 is 21.7 Å². The van der Waals surface area contributed by atoms with Crippen molar-refractivity contribution < 1.29 is 23.2 Å². The lowest BCUT2D eigenvalue weighted by molar-refractivity contribution is -0.387. The lowest BCUT2D eigenvalue weighted by atomic mass is 9.98. The van der Waals surface area contributed by atoms with Gasteiger partial charge in [-0.15, -0.1) is 0 Å². The zero-order chi connectivity index (χ0) is 19.6. The average molecular weight is 388 g/mol. The number of para-hydroxylation sites is 1. The van der Waals surface area contributed by atoms with Crippen LogP contribution in [0.5, 0.6) is 0 Å². The molecule has 9 heteroatoms. The third-order valence-corrected chi connectivity index (χ3v) is 6.27. The predicted molar refractivity (Wildman–Crippen MR) is 96.5 cm³/mol. The molecule has 8 nitrogen and oxygen atoms in total. The normalized spacial score (nSPS) is 17.9. The summed E-state index contributed by atoms with van der Waals surface area (Å²) in [6.45, 7) is -0.372. The Balaban J connectivity index is 2.14. The molecule has 0 saturated carbocycles. The first-order valence-corrected chi connectivity index (χ1v) is 9.49. The van der Waals surface area contributed by atoms with Gasteiger partial charge >= 0.3 is 5.97 Å². The molecular weight excluding hydrogens is 372 g/mol. The van der Waals surface area contributed by atoms with E-state index in [9.17, 15) is 28.4 Å². The molecule has 0 saturated heterocycles. The maximum absolute atomic E-state index is 13.3. The van der Waals surface area contributed by atoms with Crippen molar-refractivity contribution in [2.24, 2.45) is 0 Å². The van der Waals surface area contributed by atoms with E-state index in [2.05, 4.69) is 0 Å². The minimum Gasteiger partial charge on any atom is -0.478 e. The summed E-state index contributed by atoms with van der Waals surface area (Å²) in [5.41, 5.74) is 0.0698. The lowest BCUT2D eigenvalue weighted by Gasteiger charge is -2.33. The topological polar surface area (TPSA) is 118 Å². The molecule has 3 rings (SSSR count). The Labute approximate surface area is 155 Å². The van der Waals surface area contributed by atoms with Gasteiger partial charge in [-0.05, 0) is 18.1 Å². The van der Waals surface area contributed by atoms with Crippen molar-refractivity contribution in [3.63, 3.8) is 0 Å². The van der Waals surface area contributed by atoms with E-state index in [0.29, 0.717) is 5.56 Å². The minimum atomic E-state index is -4.31. The van der Waals surface area contributed by atoms with Crippen LogP contribution in [0.15, 0.2) is 71.1 Å². The summed E-state index contributed by atoms with van der Waals surface area (Å²) in [4.78, 5) is 21.5. The Morgan fingerprint density at radius 2 is 1.74 bits per heavy atom. The maximum atomic E-state index is 13.3. The van der Waals surface area contributed by atoms with E-state index < -0.39 is 37.5 Å². The van der Waals surface area contributed by atoms with Crippen molar-refractivity contribution in [1.29, 1.82) is 0 Å². The van der Waals surface area contributed by atoms with Gasteiger partial charge in [0.25, 0.3) is 15.7 Å². The maximum Gasteiger partial charge on any atom is 0.332 e. The van der Waals surface area contributed by atoms with Crippen molar-refractivity contribution in [3.8, 4) is 0 Å². The number of carboxylic acid groups (broad SMARTS) is 1. The smallest absolute Gasteiger partial charge is 0.332 e. The number of rotatable bonds is 5. The fourth-order valence-electron chi connectivity index (χ4n) is 3.05. The molecule has 0 aliphatic carbocycles. The summed E-state index contributed by atoms with van der Waals surface area (Å²) in [5.74, 6) is -1.22. The SMILES string of the molecule is O=C(O)C1=CCC(c2ccccc2)N(S(=O)(=O)c2ccccc2[N+](=O)[O-])C1. The minimum absolute atomic E-state index is 0.0654. The van der Waals surface area contributed by atoms with E-state index in [1.807, 2.05) is 0 Å². The number of hydrogen-bond donors (Lipinski definition) is 1. The number of sulfonamides is 1. The molecule has 0 aromatic heterocycles. The number of nitro groups is 1. The summed E-state index contributed by atoms with van der Waals surface area (Å²) >= 11 is 0. The molecule has 1 unspecified atom stereocenters. The van der Waals surface area contributed by atoms with Crippen LogP contribution in [0.4, 0.5) is 5.69 Å². The first-order valence-electron chi connectivity index (χ1n) is 8.05. The highest BCUT2D eigenvalue weighted by atomic mass is 32.2. The van der Waals surface area contributed by atoms with Gasteiger partial charge in [0.2, 0.25) is 0 Å². The Hall–Kier alpha value is -3.04. The molecule has 2 aromatic carbocycles. The molecule has 27 heavy (non-hydrogen) atoms. The fraction of sp³-hybridized carbons (Fsp3) is 0.167. The monoisotopic (exact) mass is 388 g/mol. The Kier molecular flexibility index (Phi) is 5.06. The molecule has 0 fully saturated rings. The molecule has 1 N–H and O–H groups in total. The molecule has 0 amide bonds. The van der Waals surface area contributed by atoms with E-state index in [4.69, 9.17) is 0 Å². The highest BCUT2D eigenvalue weighted by Crippen LogP contribution is 2.37. The summed E-state index contributed by atoms with van der Waals surface area (Å²) in [5, 5.41) is 20.6. The number of carbonyl (C=O) groups is 1. The van der Waals surface area contributed by atoms with E-state index >= 15 is 0 Å². The average Bonchev–Trinajstić information content (AvgIpc) is 2.68. The number of hydrogen-bond acceptors (Lipinski definition) is 5. The van der Waals surface area contributed by atoms with Gasteiger partial charge in [-0.2, -0.15) is 4.31 Å². The molecular formula is C18H16N2O6S. The van der Waals surface area contributed by atoms with E-state index in [-0.39, 0.29) is 18.5 Å². The number of nitrogens with zero attached hydrogens (tertiary/aromatic N) is 2. The molecule has 140 valence electrons. The van der Waals surface area contributed by atoms with Crippen molar-refractivity contribution in [3.05, 3.63) is 81.9 Å². The zero-order valence-corrected chi connectivity index (χ0v) is 14.9. The number of benzene rings is 2. The third-order valence-electron chi connectivity index (χ3n) is 4.37.